The number of carbonyl (C=O) groups is 2. The van der Waals surface area contributed by atoms with Gasteiger partial charge in [-0.05, 0) is 34.8 Å². The first-order valence-corrected chi connectivity index (χ1v) is 6.66. The minimum atomic E-state index is -0.0306. The molecule has 0 aliphatic carbocycles. The number of amides is 2. The standard InChI is InChI=1S/C12H15BrN2O3/c1-8(16)14-9-2-5-15(6-3-9)12(17)10-4-7-18-11(10)13/h4,7,9H,2-3,5-6H2,1H3,(H,14,16). The van der Waals surface area contributed by atoms with Gasteiger partial charge in [0, 0.05) is 26.1 Å². The molecule has 2 heterocycles. The molecule has 1 saturated heterocycles. The monoisotopic (exact) mass is 314 g/mol. The molecule has 5 nitrogen and oxygen atoms in total. The van der Waals surface area contributed by atoms with Crippen molar-refractivity contribution in [3.8, 4) is 0 Å². The lowest BCUT2D eigenvalue weighted by Crippen LogP contribution is -2.46. The summed E-state index contributed by atoms with van der Waals surface area (Å²) in [6.07, 6.45) is 3.07. The lowest BCUT2D eigenvalue weighted by molar-refractivity contribution is -0.119. The van der Waals surface area contributed by atoms with Crippen molar-refractivity contribution in [2.75, 3.05) is 13.1 Å². The Morgan fingerprint density at radius 2 is 2.11 bits per heavy atom. The van der Waals surface area contributed by atoms with Crippen molar-refractivity contribution in [3.05, 3.63) is 22.6 Å². The molecule has 98 valence electrons. The van der Waals surface area contributed by atoms with E-state index in [1.807, 2.05) is 0 Å². The van der Waals surface area contributed by atoms with Crippen molar-refractivity contribution in [3.63, 3.8) is 0 Å². The van der Waals surface area contributed by atoms with Crippen molar-refractivity contribution >= 4 is 27.7 Å². The van der Waals surface area contributed by atoms with Crippen LogP contribution in [0.5, 0.6) is 0 Å². The van der Waals surface area contributed by atoms with Gasteiger partial charge in [-0.3, -0.25) is 9.59 Å². The highest BCUT2D eigenvalue weighted by molar-refractivity contribution is 9.10. The van der Waals surface area contributed by atoms with E-state index in [1.165, 1.54) is 13.2 Å². The first-order chi connectivity index (χ1) is 8.58. The summed E-state index contributed by atoms with van der Waals surface area (Å²) in [5, 5.41) is 2.88. The summed E-state index contributed by atoms with van der Waals surface area (Å²) < 4.78 is 5.53. The summed E-state index contributed by atoms with van der Waals surface area (Å²) in [6, 6.07) is 1.84. The van der Waals surface area contributed by atoms with Crippen LogP contribution in [0.3, 0.4) is 0 Å². The lowest BCUT2D eigenvalue weighted by atomic mass is 10.0. The van der Waals surface area contributed by atoms with Crippen LogP contribution in [0.15, 0.2) is 21.4 Å². The molecule has 0 aromatic carbocycles. The average molecular weight is 315 g/mol. The van der Waals surface area contributed by atoms with Crippen molar-refractivity contribution in [2.24, 2.45) is 0 Å². The third-order valence-electron chi connectivity index (χ3n) is 3.04. The number of piperidine rings is 1. The summed E-state index contributed by atoms with van der Waals surface area (Å²) in [5.74, 6) is -0.0470. The van der Waals surface area contributed by atoms with Crippen LogP contribution in [-0.4, -0.2) is 35.8 Å². The molecule has 1 aliphatic heterocycles. The number of furan rings is 1. The molecule has 1 aromatic heterocycles. The van der Waals surface area contributed by atoms with Crippen LogP contribution in [0.2, 0.25) is 0 Å². The van der Waals surface area contributed by atoms with Crippen LogP contribution in [0.1, 0.15) is 30.1 Å². The van der Waals surface area contributed by atoms with Gasteiger partial charge in [0.2, 0.25) is 5.91 Å². The fourth-order valence-corrected chi connectivity index (χ4v) is 2.54. The topological polar surface area (TPSA) is 62.6 Å². The molecule has 0 spiro atoms. The molecule has 1 aromatic rings. The lowest BCUT2D eigenvalue weighted by Gasteiger charge is -2.32. The van der Waals surface area contributed by atoms with Crippen molar-refractivity contribution < 1.29 is 14.0 Å². The fraction of sp³-hybridized carbons (Fsp3) is 0.500. The van der Waals surface area contributed by atoms with Crippen LogP contribution in [0, 0.1) is 0 Å². The minimum absolute atomic E-state index is 0.0163. The Balaban J connectivity index is 1.92. The highest BCUT2D eigenvalue weighted by atomic mass is 79.9. The Kier molecular flexibility index (Phi) is 4.06. The second-order valence-electron chi connectivity index (χ2n) is 4.37. The first kappa shape index (κ1) is 13.1. The summed E-state index contributed by atoms with van der Waals surface area (Å²) in [7, 11) is 0. The molecule has 1 fully saturated rings. The molecule has 1 N–H and O–H groups in total. The first-order valence-electron chi connectivity index (χ1n) is 5.87. The predicted octanol–water partition coefficient (Wildman–Crippen LogP) is 1.78. The van der Waals surface area contributed by atoms with Crippen molar-refractivity contribution in [1.82, 2.24) is 10.2 Å². The van der Waals surface area contributed by atoms with E-state index >= 15 is 0 Å². The second-order valence-corrected chi connectivity index (χ2v) is 5.10. The smallest absolute Gasteiger partial charge is 0.258 e. The van der Waals surface area contributed by atoms with E-state index in [0.29, 0.717) is 23.3 Å². The van der Waals surface area contributed by atoms with Gasteiger partial charge >= 0.3 is 0 Å². The summed E-state index contributed by atoms with van der Waals surface area (Å²) in [4.78, 5) is 24.9. The molecule has 2 amide bonds. The molecule has 2 rings (SSSR count). The maximum absolute atomic E-state index is 12.2. The molecule has 18 heavy (non-hydrogen) atoms. The van der Waals surface area contributed by atoms with Gasteiger partial charge in [0.15, 0.2) is 4.67 Å². The number of likely N-dealkylation sites (tertiary alicyclic amines) is 1. The van der Waals surface area contributed by atoms with Crippen molar-refractivity contribution in [2.45, 2.75) is 25.8 Å². The van der Waals surface area contributed by atoms with E-state index in [9.17, 15) is 9.59 Å². The van der Waals surface area contributed by atoms with Gasteiger partial charge in [-0.15, -0.1) is 0 Å². The van der Waals surface area contributed by atoms with Crippen LogP contribution in [0.4, 0.5) is 0 Å². The Hall–Kier alpha value is -1.30. The number of hydrogen-bond acceptors (Lipinski definition) is 3. The maximum Gasteiger partial charge on any atom is 0.258 e. The molecular weight excluding hydrogens is 300 g/mol. The number of nitrogens with zero attached hydrogens (tertiary/aromatic N) is 1. The minimum Gasteiger partial charge on any atom is -0.457 e. The molecule has 0 atom stereocenters. The highest BCUT2D eigenvalue weighted by Crippen LogP contribution is 2.21. The van der Waals surface area contributed by atoms with Gasteiger partial charge in [-0.1, -0.05) is 0 Å². The average Bonchev–Trinajstić information content (AvgIpc) is 2.75. The van der Waals surface area contributed by atoms with E-state index in [4.69, 9.17) is 4.42 Å². The third-order valence-corrected chi connectivity index (χ3v) is 3.65. The molecule has 0 unspecified atom stereocenters. The number of carbonyl (C=O) groups excluding carboxylic acids is 2. The fourth-order valence-electron chi connectivity index (χ4n) is 2.13. The molecule has 6 heteroatoms. The summed E-state index contributed by atoms with van der Waals surface area (Å²) in [6.45, 7) is 2.82. The Morgan fingerprint density at radius 1 is 1.44 bits per heavy atom. The summed E-state index contributed by atoms with van der Waals surface area (Å²) in [5.41, 5.74) is 0.549. The maximum atomic E-state index is 12.2. The molecule has 0 saturated carbocycles. The van der Waals surface area contributed by atoms with Crippen LogP contribution >= 0.6 is 15.9 Å². The van der Waals surface area contributed by atoms with Crippen molar-refractivity contribution in [1.29, 1.82) is 0 Å². The second kappa shape index (κ2) is 5.56. The van der Waals surface area contributed by atoms with Crippen LogP contribution < -0.4 is 5.32 Å². The van der Waals surface area contributed by atoms with Gasteiger partial charge in [-0.25, -0.2) is 0 Å². The zero-order valence-corrected chi connectivity index (χ0v) is 11.7. The van der Waals surface area contributed by atoms with E-state index in [1.54, 1.807) is 11.0 Å². The highest BCUT2D eigenvalue weighted by Gasteiger charge is 2.25. The number of nitrogens with one attached hydrogen (secondary N) is 1. The van der Waals surface area contributed by atoms with E-state index in [0.717, 1.165) is 12.8 Å². The van der Waals surface area contributed by atoms with Gasteiger partial charge in [-0.2, -0.15) is 0 Å². The summed E-state index contributed by atoms with van der Waals surface area (Å²) >= 11 is 3.21. The van der Waals surface area contributed by atoms with Gasteiger partial charge in [0.1, 0.15) is 0 Å². The van der Waals surface area contributed by atoms with Crippen LogP contribution in [-0.2, 0) is 4.79 Å². The Morgan fingerprint density at radius 3 is 2.61 bits per heavy atom. The predicted molar refractivity (Wildman–Crippen MR) is 69.2 cm³/mol. The van der Waals surface area contributed by atoms with Gasteiger partial charge in [0.25, 0.3) is 5.91 Å². The van der Waals surface area contributed by atoms with Gasteiger partial charge in [0.05, 0.1) is 11.8 Å². The third kappa shape index (κ3) is 2.93. The molecule has 0 radical (unpaired) electrons. The van der Waals surface area contributed by atoms with Crippen LogP contribution in [0.25, 0.3) is 0 Å². The quantitative estimate of drug-likeness (QED) is 0.905. The normalized spacial score (nSPS) is 16.7. The van der Waals surface area contributed by atoms with E-state index in [-0.39, 0.29) is 17.9 Å². The zero-order chi connectivity index (χ0) is 13.1. The molecule has 0 bridgehead atoms. The SMILES string of the molecule is CC(=O)NC1CCN(C(=O)c2ccoc2Br)CC1. The number of rotatable bonds is 2. The number of halogens is 1. The van der Waals surface area contributed by atoms with E-state index < -0.39 is 0 Å². The zero-order valence-electron chi connectivity index (χ0n) is 10.1. The Bertz CT molecular complexity index is 450. The molecular formula is C12H15BrN2O3. The number of hydrogen-bond donors (Lipinski definition) is 1. The molecule has 1 aliphatic rings. The Labute approximate surface area is 114 Å². The van der Waals surface area contributed by atoms with Gasteiger partial charge < -0.3 is 14.6 Å². The van der Waals surface area contributed by atoms with E-state index in [2.05, 4.69) is 21.2 Å². The largest absolute Gasteiger partial charge is 0.457 e.